The number of carbonyl (C=O) groups is 6. The Morgan fingerprint density at radius 3 is 1.99 bits per heavy atom. The minimum Gasteiger partial charge on any atom is -0.444 e. The number of amides is 3. The molecule has 0 aliphatic rings. The molecule has 4 rings (SSSR count). The number of carbonyl (C=O) groups excluding carboxylic acids is 6. The van der Waals surface area contributed by atoms with Gasteiger partial charge in [-0.15, -0.1) is 0 Å². The second-order valence-electron chi connectivity index (χ2n) is 19.5. The minimum absolute atomic E-state index is 0.0682. The number of aliphatic hydroxyl groups excluding tert-OH is 1. The molecule has 1 heterocycles. The number of rotatable bonds is 24. The van der Waals surface area contributed by atoms with Gasteiger partial charge in [0.1, 0.15) is 23.3 Å². The molecule has 0 fully saturated rings. The zero-order chi connectivity index (χ0) is 49.6. The molecule has 3 aromatic carbocycles. The number of aliphatic hydroxyl groups is 1. The van der Waals surface area contributed by atoms with Crippen molar-refractivity contribution >= 4 is 58.0 Å². The highest BCUT2D eigenvalue weighted by Crippen LogP contribution is 2.29. The monoisotopic (exact) mass is 944 g/mol. The lowest BCUT2D eigenvalue weighted by Crippen LogP contribution is -2.54. The summed E-state index contributed by atoms with van der Waals surface area (Å²) in [6, 6.07) is 19.1. The molecule has 0 spiro atoms. The Hall–Kier alpha value is -5.44. The van der Waals surface area contributed by atoms with Crippen molar-refractivity contribution in [1.82, 2.24) is 20.9 Å². The Kier molecular flexibility index (Phi) is 19.8. The molecule has 364 valence electrons. The number of fused-ring (bicyclic) bond motifs is 1. The topological polar surface area (TPSA) is 203 Å². The number of hydrogen-bond donors (Lipinski definition) is 4. The van der Waals surface area contributed by atoms with E-state index in [1.807, 2.05) is 25.1 Å². The quantitative estimate of drug-likeness (QED) is 0.0385. The van der Waals surface area contributed by atoms with Gasteiger partial charge in [-0.3, -0.25) is 24.0 Å². The second kappa shape index (κ2) is 24.5. The molecule has 3 amide bonds. The molecule has 0 aliphatic carbocycles. The highest BCUT2D eigenvalue weighted by Gasteiger charge is 2.36. The zero-order valence-electron chi connectivity index (χ0n) is 40.6. The van der Waals surface area contributed by atoms with Crippen LogP contribution in [0.3, 0.4) is 0 Å². The Morgan fingerprint density at radius 2 is 1.39 bits per heavy atom. The van der Waals surface area contributed by atoms with Gasteiger partial charge in [0, 0.05) is 42.3 Å². The number of benzene rings is 3. The van der Waals surface area contributed by atoms with Crippen LogP contribution in [0.15, 0.2) is 77.2 Å². The van der Waals surface area contributed by atoms with Crippen molar-refractivity contribution in [3.63, 3.8) is 0 Å². The summed E-state index contributed by atoms with van der Waals surface area (Å²) in [5.74, 6) is -4.95. The molecule has 4 N–H and O–H groups in total. The number of halogens is 1. The number of oxazole rings is 1. The minimum atomic E-state index is -1.27. The molecule has 4 aromatic rings. The third kappa shape index (κ3) is 17.3. The molecule has 7 atom stereocenters. The van der Waals surface area contributed by atoms with E-state index in [1.165, 1.54) is 0 Å². The van der Waals surface area contributed by atoms with Crippen molar-refractivity contribution in [3.8, 4) is 11.1 Å². The van der Waals surface area contributed by atoms with E-state index in [2.05, 4.69) is 20.9 Å². The van der Waals surface area contributed by atoms with Crippen LogP contribution in [0.4, 0.5) is 4.79 Å². The highest BCUT2D eigenvalue weighted by molar-refractivity contribution is 6.30. The lowest BCUT2D eigenvalue weighted by molar-refractivity contribution is -0.139. The fourth-order valence-corrected chi connectivity index (χ4v) is 7.67. The first-order valence-electron chi connectivity index (χ1n) is 23.2. The van der Waals surface area contributed by atoms with E-state index in [1.54, 1.807) is 117 Å². The molecule has 1 unspecified atom stereocenters. The Labute approximate surface area is 399 Å². The maximum Gasteiger partial charge on any atom is 0.407 e. The third-order valence-corrected chi connectivity index (χ3v) is 11.4. The highest BCUT2D eigenvalue weighted by atomic mass is 35.5. The summed E-state index contributed by atoms with van der Waals surface area (Å²) in [6.07, 6.45) is -0.808. The first-order valence-corrected chi connectivity index (χ1v) is 23.6. The Morgan fingerprint density at radius 1 is 0.761 bits per heavy atom. The normalized spacial score (nSPS) is 15.0. The van der Waals surface area contributed by atoms with Gasteiger partial charge >= 0.3 is 6.09 Å². The molecule has 0 radical (unpaired) electrons. The summed E-state index contributed by atoms with van der Waals surface area (Å²) in [6.45, 7) is 17.2. The molecule has 14 nitrogen and oxygen atoms in total. The Bertz CT molecular complexity index is 2260. The van der Waals surface area contributed by atoms with Gasteiger partial charge in [0.15, 0.2) is 22.9 Å². The van der Waals surface area contributed by atoms with Gasteiger partial charge in [-0.2, -0.15) is 0 Å². The lowest BCUT2D eigenvalue weighted by atomic mass is 9.91. The Balaban J connectivity index is 1.50. The SMILES string of the molecule is CCCCC[C@H](NC(=O)[C@H](C)CC(=O)[C@@H](NC(=O)[C@H](CNC(=O)OC(C)(C)C)CC(=O)c1ccc(-c2ccc(Cl)cc2)cc1)[C@@H](C)OC(C)(C)C)C(=O)C[C@@H](C)C(O)c1nc2ccccc2o1. The second-order valence-corrected chi connectivity index (χ2v) is 19.9. The average molecular weight is 946 g/mol. The van der Waals surface area contributed by atoms with E-state index in [0.29, 0.717) is 34.5 Å². The van der Waals surface area contributed by atoms with Crippen molar-refractivity contribution in [1.29, 1.82) is 0 Å². The number of nitrogens with zero attached hydrogens (tertiary/aromatic N) is 1. The van der Waals surface area contributed by atoms with Gasteiger partial charge in [0.05, 0.1) is 23.7 Å². The van der Waals surface area contributed by atoms with Crippen LogP contribution in [-0.2, 0) is 28.7 Å². The first-order chi connectivity index (χ1) is 31.4. The number of alkyl carbamates (subject to hydrolysis) is 1. The summed E-state index contributed by atoms with van der Waals surface area (Å²) in [5, 5.41) is 20.0. The van der Waals surface area contributed by atoms with Gasteiger partial charge in [0.2, 0.25) is 17.7 Å². The average Bonchev–Trinajstić information content (AvgIpc) is 3.69. The van der Waals surface area contributed by atoms with E-state index < -0.39 is 76.9 Å². The molecule has 0 aliphatic heterocycles. The van der Waals surface area contributed by atoms with Crippen LogP contribution in [0, 0.1) is 17.8 Å². The predicted molar refractivity (Wildman–Crippen MR) is 258 cm³/mol. The lowest BCUT2D eigenvalue weighted by Gasteiger charge is -2.32. The van der Waals surface area contributed by atoms with Crippen molar-refractivity contribution < 1.29 is 47.8 Å². The fraction of sp³-hybridized carbons (Fsp3) is 0.519. The van der Waals surface area contributed by atoms with Crippen molar-refractivity contribution in [2.45, 2.75) is 150 Å². The van der Waals surface area contributed by atoms with Crippen LogP contribution in [0.2, 0.25) is 5.02 Å². The summed E-state index contributed by atoms with van der Waals surface area (Å²) in [5.41, 5.74) is 1.62. The number of hydrogen-bond acceptors (Lipinski definition) is 11. The van der Waals surface area contributed by atoms with E-state index in [4.69, 9.17) is 25.5 Å². The number of ketones is 3. The van der Waals surface area contributed by atoms with E-state index in [9.17, 15) is 33.9 Å². The van der Waals surface area contributed by atoms with Gasteiger partial charge in [0.25, 0.3) is 0 Å². The number of nitrogens with one attached hydrogen (secondary N) is 3. The van der Waals surface area contributed by atoms with Gasteiger partial charge in [-0.1, -0.05) is 100 Å². The number of para-hydroxylation sites is 2. The smallest absolute Gasteiger partial charge is 0.407 e. The van der Waals surface area contributed by atoms with Crippen molar-refractivity contribution in [3.05, 3.63) is 89.3 Å². The molecule has 0 saturated heterocycles. The van der Waals surface area contributed by atoms with Crippen LogP contribution in [0.25, 0.3) is 22.2 Å². The molecule has 0 saturated carbocycles. The van der Waals surface area contributed by atoms with Gasteiger partial charge in [-0.25, -0.2) is 9.78 Å². The van der Waals surface area contributed by atoms with Crippen molar-refractivity contribution in [2.75, 3.05) is 6.54 Å². The predicted octanol–water partition coefficient (Wildman–Crippen LogP) is 9.54. The largest absolute Gasteiger partial charge is 0.444 e. The number of unbranched alkanes of at least 4 members (excludes halogenated alkanes) is 2. The molecular weight excluding hydrogens is 876 g/mol. The summed E-state index contributed by atoms with van der Waals surface area (Å²) in [7, 11) is 0. The van der Waals surface area contributed by atoms with E-state index in [-0.39, 0.29) is 43.3 Å². The molecule has 67 heavy (non-hydrogen) atoms. The zero-order valence-corrected chi connectivity index (χ0v) is 41.3. The fourth-order valence-electron chi connectivity index (χ4n) is 7.55. The maximum atomic E-state index is 14.3. The third-order valence-electron chi connectivity index (χ3n) is 11.1. The number of ether oxygens (including phenoxy) is 2. The first kappa shape index (κ1) is 54.2. The summed E-state index contributed by atoms with van der Waals surface area (Å²) < 4.78 is 17.3. The van der Waals surface area contributed by atoms with Crippen LogP contribution in [-0.4, -0.2) is 81.3 Å². The van der Waals surface area contributed by atoms with Crippen LogP contribution >= 0.6 is 11.6 Å². The molecular formula is C52H69ClN4O10. The van der Waals surface area contributed by atoms with E-state index >= 15 is 0 Å². The maximum absolute atomic E-state index is 14.3. The molecule has 15 heteroatoms. The van der Waals surface area contributed by atoms with Crippen molar-refractivity contribution in [2.24, 2.45) is 17.8 Å². The van der Waals surface area contributed by atoms with Crippen LogP contribution in [0.1, 0.15) is 137 Å². The van der Waals surface area contributed by atoms with Gasteiger partial charge < -0.3 is 34.9 Å². The van der Waals surface area contributed by atoms with Gasteiger partial charge in [-0.05, 0) is 96.2 Å². The van der Waals surface area contributed by atoms with E-state index in [0.717, 1.165) is 24.0 Å². The van der Waals surface area contributed by atoms with Crippen LogP contribution in [0.5, 0.6) is 0 Å². The molecule has 0 bridgehead atoms. The number of Topliss-reactive ketones (excluding diaryl/α,β-unsaturated/α-hetero) is 3. The van der Waals surface area contributed by atoms with Crippen LogP contribution < -0.4 is 16.0 Å². The summed E-state index contributed by atoms with van der Waals surface area (Å²) in [4.78, 5) is 87.1. The standard InChI is InChI=1S/C52H69ClN4O10/c1-11-12-13-16-39(42(59)27-31(2)46(61)49-56-40-17-14-15-18-44(40)65-49)55-47(62)32(3)28-43(60)45(33(4)66-51(5,6)7)57-48(63)37(30-54-50(64)67-52(8,9)10)29-41(58)36-21-19-34(20-22-36)35-23-25-38(53)26-24-35/h14-15,17-26,31-33,37,39,45-46,61H,11-13,16,27-30H2,1-10H3,(H,54,64)(H,55,62)(H,57,63)/t31-,32-,33-,37+,39+,45+,46?/m1/s1. The summed E-state index contributed by atoms with van der Waals surface area (Å²) >= 11 is 6.06. The number of aromatic nitrogens is 1. The molecule has 1 aromatic heterocycles.